The number of fused-ring (bicyclic) bond motifs is 2. The van der Waals surface area contributed by atoms with Crippen molar-refractivity contribution in [2.75, 3.05) is 6.79 Å². The molecule has 0 spiro atoms. The lowest BCUT2D eigenvalue weighted by Crippen LogP contribution is -2.04. The second-order valence-electron chi connectivity index (χ2n) is 7.73. The zero-order chi connectivity index (χ0) is 22.0. The summed E-state index contributed by atoms with van der Waals surface area (Å²) in [7, 11) is 0. The summed E-state index contributed by atoms with van der Waals surface area (Å²) in [6.45, 7) is 0.894. The van der Waals surface area contributed by atoms with Crippen LogP contribution in [0.1, 0.15) is 11.1 Å². The van der Waals surface area contributed by atoms with Gasteiger partial charge in [-0.1, -0.05) is 72.4 Å². The SMILES string of the molecule is c1ccc(-c2nnc(SCc3cccc4cccnc34)n2Cc2ccc3c(c2)OCO3)cc1. The van der Waals surface area contributed by atoms with Crippen molar-refractivity contribution in [1.29, 1.82) is 0 Å². The van der Waals surface area contributed by atoms with Gasteiger partial charge in [0.05, 0.1) is 12.1 Å². The Balaban J connectivity index is 1.35. The van der Waals surface area contributed by atoms with E-state index in [0.717, 1.165) is 50.3 Å². The summed E-state index contributed by atoms with van der Waals surface area (Å²) in [6, 6.07) is 26.5. The van der Waals surface area contributed by atoms with Crippen molar-refractivity contribution in [2.45, 2.75) is 17.5 Å². The standard InChI is InChI=1S/C26H20N4O2S/c1-2-6-20(7-3-1)25-28-29-26(30(25)15-18-11-12-22-23(14-18)32-17-31-22)33-16-21-9-4-8-19-10-5-13-27-24(19)21/h1-14H,15-17H2. The minimum absolute atomic E-state index is 0.265. The van der Waals surface area contributed by atoms with Crippen LogP contribution in [0.2, 0.25) is 0 Å². The van der Waals surface area contributed by atoms with E-state index in [-0.39, 0.29) is 6.79 Å². The van der Waals surface area contributed by atoms with Crippen LogP contribution in [-0.2, 0) is 12.3 Å². The smallest absolute Gasteiger partial charge is 0.231 e. The zero-order valence-corrected chi connectivity index (χ0v) is 18.5. The molecule has 33 heavy (non-hydrogen) atoms. The third-order valence-corrected chi connectivity index (χ3v) is 6.62. The normalized spacial score (nSPS) is 12.4. The third kappa shape index (κ3) is 3.91. The molecular formula is C26H20N4O2S. The Morgan fingerprint density at radius 1 is 0.848 bits per heavy atom. The molecule has 0 radical (unpaired) electrons. The van der Waals surface area contributed by atoms with Crippen LogP contribution in [0.15, 0.2) is 90.2 Å². The van der Waals surface area contributed by atoms with Crippen LogP contribution in [0.4, 0.5) is 0 Å². The molecule has 6 rings (SSSR count). The van der Waals surface area contributed by atoms with Gasteiger partial charge in [-0.3, -0.25) is 9.55 Å². The number of hydrogen-bond acceptors (Lipinski definition) is 6. The fraction of sp³-hybridized carbons (Fsp3) is 0.115. The Labute approximate surface area is 195 Å². The van der Waals surface area contributed by atoms with E-state index in [1.807, 2.05) is 42.6 Å². The lowest BCUT2D eigenvalue weighted by atomic mass is 10.1. The number of para-hydroxylation sites is 1. The highest BCUT2D eigenvalue weighted by atomic mass is 32.2. The molecule has 3 heterocycles. The summed E-state index contributed by atoms with van der Waals surface area (Å²) in [6.07, 6.45) is 1.84. The average Bonchev–Trinajstić information content (AvgIpc) is 3.50. The highest BCUT2D eigenvalue weighted by molar-refractivity contribution is 7.98. The van der Waals surface area contributed by atoms with Crippen LogP contribution in [0.25, 0.3) is 22.3 Å². The molecule has 5 aromatic rings. The van der Waals surface area contributed by atoms with E-state index in [2.05, 4.69) is 62.2 Å². The molecule has 0 unspecified atom stereocenters. The lowest BCUT2D eigenvalue weighted by Gasteiger charge is -2.11. The first-order valence-electron chi connectivity index (χ1n) is 10.7. The van der Waals surface area contributed by atoms with Crippen molar-refractivity contribution >= 4 is 22.7 Å². The highest BCUT2D eigenvalue weighted by Gasteiger charge is 2.18. The minimum Gasteiger partial charge on any atom is -0.454 e. The lowest BCUT2D eigenvalue weighted by molar-refractivity contribution is 0.174. The van der Waals surface area contributed by atoms with Gasteiger partial charge in [0.2, 0.25) is 6.79 Å². The first kappa shape index (κ1) is 19.8. The molecular weight excluding hydrogens is 432 g/mol. The first-order valence-corrected chi connectivity index (χ1v) is 11.7. The summed E-state index contributed by atoms with van der Waals surface area (Å²) < 4.78 is 13.2. The van der Waals surface area contributed by atoms with Crippen LogP contribution in [-0.4, -0.2) is 26.5 Å². The Morgan fingerprint density at radius 3 is 2.67 bits per heavy atom. The van der Waals surface area contributed by atoms with Gasteiger partial charge in [-0.2, -0.15) is 0 Å². The molecule has 162 valence electrons. The number of hydrogen-bond donors (Lipinski definition) is 0. The Morgan fingerprint density at radius 2 is 1.73 bits per heavy atom. The summed E-state index contributed by atoms with van der Waals surface area (Å²) in [5.74, 6) is 3.15. The number of benzene rings is 3. The van der Waals surface area contributed by atoms with Crippen molar-refractivity contribution in [3.8, 4) is 22.9 Å². The predicted octanol–water partition coefficient (Wildman–Crippen LogP) is 5.56. The average molecular weight is 453 g/mol. The topological polar surface area (TPSA) is 62.1 Å². The van der Waals surface area contributed by atoms with E-state index >= 15 is 0 Å². The van der Waals surface area contributed by atoms with Crippen LogP contribution in [0.5, 0.6) is 11.5 Å². The molecule has 0 saturated carbocycles. The number of rotatable bonds is 6. The van der Waals surface area contributed by atoms with Gasteiger partial charge in [-0.15, -0.1) is 10.2 Å². The van der Waals surface area contributed by atoms with Crippen molar-refractivity contribution in [3.05, 3.63) is 96.2 Å². The van der Waals surface area contributed by atoms with Gasteiger partial charge in [0.25, 0.3) is 0 Å². The van der Waals surface area contributed by atoms with Crippen molar-refractivity contribution in [2.24, 2.45) is 0 Å². The molecule has 6 nitrogen and oxygen atoms in total. The molecule has 0 fully saturated rings. The summed E-state index contributed by atoms with van der Waals surface area (Å²) in [5, 5.41) is 11.1. The summed E-state index contributed by atoms with van der Waals surface area (Å²) in [5.41, 5.74) is 4.34. The number of pyridine rings is 1. The second kappa shape index (κ2) is 8.60. The van der Waals surface area contributed by atoms with E-state index in [9.17, 15) is 0 Å². The maximum Gasteiger partial charge on any atom is 0.231 e. The van der Waals surface area contributed by atoms with Crippen molar-refractivity contribution < 1.29 is 9.47 Å². The van der Waals surface area contributed by atoms with E-state index in [1.54, 1.807) is 11.8 Å². The molecule has 0 amide bonds. The summed E-state index contributed by atoms with van der Waals surface area (Å²) >= 11 is 1.67. The molecule has 0 bridgehead atoms. The quantitative estimate of drug-likeness (QED) is 0.314. The fourth-order valence-corrected chi connectivity index (χ4v) is 4.91. The molecule has 0 aliphatic carbocycles. The highest BCUT2D eigenvalue weighted by Crippen LogP contribution is 2.34. The van der Waals surface area contributed by atoms with Crippen molar-refractivity contribution in [3.63, 3.8) is 0 Å². The van der Waals surface area contributed by atoms with Gasteiger partial charge < -0.3 is 9.47 Å². The maximum atomic E-state index is 5.57. The van der Waals surface area contributed by atoms with Gasteiger partial charge in [-0.05, 0) is 29.3 Å². The van der Waals surface area contributed by atoms with E-state index in [0.29, 0.717) is 6.54 Å². The van der Waals surface area contributed by atoms with Gasteiger partial charge >= 0.3 is 0 Å². The molecule has 0 atom stereocenters. The first-order chi connectivity index (χ1) is 16.3. The minimum atomic E-state index is 0.265. The van der Waals surface area contributed by atoms with E-state index < -0.39 is 0 Å². The Bertz CT molecular complexity index is 1430. The van der Waals surface area contributed by atoms with E-state index in [4.69, 9.17) is 9.47 Å². The van der Waals surface area contributed by atoms with Gasteiger partial charge in [0.15, 0.2) is 22.5 Å². The van der Waals surface area contributed by atoms with Gasteiger partial charge in [-0.25, -0.2) is 0 Å². The Kier molecular flexibility index (Phi) is 5.16. The van der Waals surface area contributed by atoms with Crippen LogP contribution in [0.3, 0.4) is 0 Å². The van der Waals surface area contributed by atoms with Crippen LogP contribution >= 0.6 is 11.8 Å². The number of thioether (sulfide) groups is 1. The largest absolute Gasteiger partial charge is 0.454 e. The van der Waals surface area contributed by atoms with Gasteiger partial charge in [0, 0.05) is 22.9 Å². The van der Waals surface area contributed by atoms with E-state index in [1.165, 1.54) is 5.56 Å². The number of nitrogens with zero attached hydrogens (tertiary/aromatic N) is 4. The number of ether oxygens (including phenoxy) is 2. The molecule has 3 aromatic carbocycles. The monoisotopic (exact) mass is 452 g/mol. The fourth-order valence-electron chi connectivity index (χ4n) is 3.99. The third-order valence-electron chi connectivity index (χ3n) is 5.60. The molecule has 0 N–H and O–H groups in total. The van der Waals surface area contributed by atoms with Crippen molar-refractivity contribution in [1.82, 2.24) is 19.7 Å². The summed E-state index contributed by atoms with van der Waals surface area (Å²) in [4.78, 5) is 4.59. The van der Waals surface area contributed by atoms with Crippen LogP contribution in [0, 0.1) is 0 Å². The second-order valence-corrected chi connectivity index (χ2v) is 8.67. The van der Waals surface area contributed by atoms with Gasteiger partial charge in [0.1, 0.15) is 0 Å². The van der Waals surface area contributed by atoms with Crippen LogP contribution < -0.4 is 9.47 Å². The maximum absolute atomic E-state index is 5.57. The molecule has 1 aliphatic rings. The molecule has 1 aliphatic heterocycles. The predicted molar refractivity (Wildman–Crippen MR) is 128 cm³/mol. The molecule has 2 aromatic heterocycles. The number of aromatic nitrogens is 4. The zero-order valence-electron chi connectivity index (χ0n) is 17.7. The molecule has 0 saturated heterocycles. The Hall–Kier alpha value is -3.84. The molecule has 7 heteroatoms.